The van der Waals surface area contributed by atoms with Gasteiger partial charge in [-0.25, -0.2) is 0 Å². The third-order valence-electron chi connectivity index (χ3n) is 2.69. The van der Waals surface area contributed by atoms with Gasteiger partial charge in [0.1, 0.15) is 4.92 Å². The maximum Gasteiger partial charge on any atom is 0.446 e. The van der Waals surface area contributed by atoms with Crippen molar-refractivity contribution in [2.45, 2.75) is 4.90 Å². The summed E-state index contributed by atoms with van der Waals surface area (Å²) in [6, 6.07) is 9.52. The number of nitrogens with zero attached hydrogens (tertiary/aromatic N) is 1. The van der Waals surface area contributed by atoms with E-state index in [2.05, 4.69) is 0 Å². The van der Waals surface area contributed by atoms with E-state index < -0.39 is 26.9 Å². The zero-order valence-electron chi connectivity index (χ0n) is 11.0. The fraction of sp³-hybridized carbons (Fsp3) is 0. The molecule has 1 unspecified atom stereocenters. The van der Waals surface area contributed by atoms with Crippen LogP contribution in [0.3, 0.4) is 0 Å². The molecule has 8 heteroatoms. The van der Waals surface area contributed by atoms with E-state index in [9.17, 15) is 24.9 Å². The minimum atomic E-state index is -2.01. The lowest BCUT2D eigenvalue weighted by atomic mass is 10.2. The minimum absolute atomic E-state index is 0.232. The number of phenolic OH excluding ortho intramolecular Hbond substituents is 2. The predicted molar refractivity (Wildman–Crippen MR) is 82.6 cm³/mol. The molecule has 0 radical (unpaired) electrons. The van der Waals surface area contributed by atoms with Gasteiger partial charge in [-0.05, 0) is 42.0 Å². The second-order valence-electron chi connectivity index (χ2n) is 4.21. The molecule has 0 saturated carbocycles. The highest BCUT2D eigenvalue weighted by molar-refractivity contribution is 7.95. The lowest BCUT2D eigenvalue weighted by Crippen LogP contribution is -2.12. The summed E-state index contributed by atoms with van der Waals surface area (Å²) in [7, 11) is 0. The summed E-state index contributed by atoms with van der Waals surface area (Å²) in [6.07, 6.45) is 1.07. The average molecular weight is 340 g/mol. The summed E-state index contributed by atoms with van der Waals surface area (Å²) in [5.74, 6) is -0.771. The molecule has 0 aromatic heterocycles. The number of benzene rings is 2. The Balaban J connectivity index is 2.40. The molecular formula is C14H10ClNO5S. The zero-order valence-corrected chi connectivity index (χ0v) is 12.5. The van der Waals surface area contributed by atoms with Crippen LogP contribution in [0, 0.1) is 10.1 Å². The molecule has 0 spiro atoms. The summed E-state index contributed by atoms with van der Waals surface area (Å²) in [5, 5.41) is 29.6. The number of aromatic hydroxyl groups is 2. The summed E-state index contributed by atoms with van der Waals surface area (Å²) in [6.45, 7) is 0. The Labute approximate surface area is 133 Å². The van der Waals surface area contributed by atoms with Crippen LogP contribution >= 0.6 is 11.6 Å². The van der Waals surface area contributed by atoms with Crippen LogP contribution in [0.2, 0.25) is 5.02 Å². The molecule has 0 aliphatic heterocycles. The first-order chi connectivity index (χ1) is 10.4. The molecule has 0 aliphatic carbocycles. The largest absolute Gasteiger partial charge is 0.602 e. The van der Waals surface area contributed by atoms with Gasteiger partial charge in [0.15, 0.2) is 16.4 Å². The van der Waals surface area contributed by atoms with Crippen LogP contribution in [0.25, 0.3) is 6.08 Å². The van der Waals surface area contributed by atoms with E-state index in [-0.39, 0.29) is 16.2 Å². The second kappa shape index (κ2) is 6.69. The van der Waals surface area contributed by atoms with E-state index in [0.717, 1.165) is 12.1 Å². The van der Waals surface area contributed by atoms with E-state index in [1.165, 1.54) is 36.4 Å². The minimum Gasteiger partial charge on any atom is -0.602 e. The van der Waals surface area contributed by atoms with Gasteiger partial charge in [0.05, 0.1) is 17.3 Å². The Morgan fingerprint density at radius 3 is 2.32 bits per heavy atom. The van der Waals surface area contributed by atoms with Crippen LogP contribution in [0.15, 0.2) is 52.4 Å². The predicted octanol–water partition coefficient (Wildman–Crippen LogP) is 3.13. The van der Waals surface area contributed by atoms with E-state index in [1.807, 2.05) is 0 Å². The number of nitro groups is 1. The summed E-state index contributed by atoms with van der Waals surface area (Å²) in [5.41, 5.74) is 0.240. The molecule has 0 aliphatic rings. The van der Waals surface area contributed by atoms with Crippen molar-refractivity contribution >= 4 is 28.9 Å². The maximum absolute atomic E-state index is 12.3. The SMILES string of the molecule is O=[N+]([O-])C(=Cc1ccc(O)c(O)c1)[S+]([O-])c1ccc(Cl)cc1. The van der Waals surface area contributed by atoms with Crippen molar-refractivity contribution in [1.82, 2.24) is 0 Å². The lowest BCUT2D eigenvalue weighted by Gasteiger charge is -2.07. The highest BCUT2D eigenvalue weighted by Gasteiger charge is 2.29. The molecule has 114 valence electrons. The standard InChI is InChI=1S/C14H10ClNO5S/c15-10-2-4-11(5-3-10)22(21)14(16(19)20)8-9-1-6-12(17)13(18)7-9/h1-8,17-18H. The van der Waals surface area contributed by atoms with Crippen molar-refractivity contribution in [2.75, 3.05) is 0 Å². The normalized spacial score (nSPS) is 12.9. The monoisotopic (exact) mass is 339 g/mol. The van der Waals surface area contributed by atoms with Crippen LogP contribution in [-0.2, 0) is 11.2 Å². The van der Waals surface area contributed by atoms with Gasteiger partial charge in [-0.3, -0.25) is 10.1 Å². The zero-order chi connectivity index (χ0) is 16.3. The van der Waals surface area contributed by atoms with Crippen LogP contribution in [0.4, 0.5) is 0 Å². The fourth-order valence-electron chi connectivity index (χ4n) is 1.63. The summed E-state index contributed by atoms with van der Waals surface area (Å²) < 4.78 is 12.3. The number of hydrogen-bond donors (Lipinski definition) is 2. The van der Waals surface area contributed by atoms with Crippen molar-refractivity contribution in [3.8, 4) is 11.5 Å². The van der Waals surface area contributed by atoms with Crippen molar-refractivity contribution in [1.29, 1.82) is 0 Å². The first kappa shape index (κ1) is 16.2. The molecule has 6 nitrogen and oxygen atoms in total. The number of halogens is 1. The van der Waals surface area contributed by atoms with E-state index >= 15 is 0 Å². The van der Waals surface area contributed by atoms with Crippen LogP contribution in [0.1, 0.15) is 5.56 Å². The molecule has 2 rings (SSSR count). The van der Waals surface area contributed by atoms with Gasteiger partial charge in [0.2, 0.25) is 0 Å². The van der Waals surface area contributed by atoms with E-state index in [0.29, 0.717) is 5.02 Å². The maximum atomic E-state index is 12.3. The Hall–Kier alpha value is -2.22. The molecule has 0 bridgehead atoms. The van der Waals surface area contributed by atoms with E-state index in [1.54, 1.807) is 0 Å². The smallest absolute Gasteiger partial charge is 0.446 e. The van der Waals surface area contributed by atoms with Crippen molar-refractivity contribution < 1.29 is 19.7 Å². The Kier molecular flexibility index (Phi) is 4.92. The fourth-order valence-corrected chi connectivity index (χ4v) is 2.75. The molecule has 2 N–H and O–H groups in total. The van der Waals surface area contributed by atoms with Gasteiger partial charge in [-0.15, -0.1) is 0 Å². The first-order valence-electron chi connectivity index (χ1n) is 5.94. The molecule has 0 fully saturated rings. The van der Waals surface area contributed by atoms with Crippen LogP contribution in [-0.4, -0.2) is 19.7 Å². The van der Waals surface area contributed by atoms with Crippen molar-refractivity contribution in [2.24, 2.45) is 0 Å². The Morgan fingerprint density at radius 2 is 1.77 bits per heavy atom. The Morgan fingerprint density at radius 1 is 1.14 bits per heavy atom. The van der Waals surface area contributed by atoms with Gasteiger partial charge >= 0.3 is 5.03 Å². The number of rotatable bonds is 4. The molecule has 0 heterocycles. The quantitative estimate of drug-likeness (QED) is 0.385. The van der Waals surface area contributed by atoms with Gasteiger partial charge in [0, 0.05) is 5.02 Å². The molecular weight excluding hydrogens is 330 g/mol. The topological polar surface area (TPSA) is 107 Å². The van der Waals surface area contributed by atoms with Gasteiger partial charge in [0.25, 0.3) is 0 Å². The highest BCUT2D eigenvalue weighted by atomic mass is 35.5. The Bertz CT molecular complexity index is 733. The molecule has 0 saturated heterocycles. The third-order valence-corrected chi connectivity index (χ3v) is 4.29. The van der Waals surface area contributed by atoms with Gasteiger partial charge in [-0.2, -0.15) is 0 Å². The second-order valence-corrected chi connectivity index (χ2v) is 6.07. The molecule has 22 heavy (non-hydrogen) atoms. The van der Waals surface area contributed by atoms with Gasteiger partial charge < -0.3 is 14.8 Å². The molecule has 2 aromatic carbocycles. The van der Waals surface area contributed by atoms with Gasteiger partial charge in [-0.1, -0.05) is 17.7 Å². The average Bonchev–Trinajstić information content (AvgIpc) is 2.48. The number of hydrogen-bond acceptors (Lipinski definition) is 5. The lowest BCUT2D eigenvalue weighted by molar-refractivity contribution is -0.410. The van der Waals surface area contributed by atoms with Crippen molar-refractivity contribution in [3.63, 3.8) is 0 Å². The van der Waals surface area contributed by atoms with E-state index in [4.69, 9.17) is 11.6 Å². The van der Waals surface area contributed by atoms with Crippen molar-refractivity contribution in [3.05, 3.63) is 68.2 Å². The highest BCUT2D eigenvalue weighted by Crippen LogP contribution is 2.28. The summed E-state index contributed by atoms with van der Waals surface area (Å²) >= 11 is 3.71. The summed E-state index contributed by atoms with van der Waals surface area (Å²) in [4.78, 5) is 10.6. The number of phenols is 2. The van der Waals surface area contributed by atoms with Crippen LogP contribution < -0.4 is 0 Å². The van der Waals surface area contributed by atoms with Crippen LogP contribution in [0.5, 0.6) is 11.5 Å². The third kappa shape index (κ3) is 3.70. The molecule has 0 amide bonds. The molecule has 2 aromatic rings. The molecule has 1 atom stereocenters. The first-order valence-corrected chi connectivity index (χ1v) is 7.46.